The van der Waals surface area contributed by atoms with Gasteiger partial charge in [-0.15, -0.1) is 5.10 Å². The Morgan fingerprint density at radius 2 is 1.93 bits per heavy atom. The van der Waals surface area contributed by atoms with E-state index in [1.165, 1.54) is 12.1 Å². The van der Waals surface area contributed by atoms with Gasteiger partial charge in [-0.05, 0) is 48.6 Å². The molecule has 1 N–H and O–H groups in total. The number of hydrogen-bond donors (Lipinski definition) is 1. The van der Waals surface area contributed by atoms with Crippen LogP contribution in [0.2, 0.25) is 0 Å². The highest BCUT2D eigenvalue weighted by Crippen LogP contribution is 2.18. The average molecular weight is 390 g/mol. The lowest BCUT2D eigenvalue weighted by Crippen LogP contribution is -3.07. The maximum atomic E-state index is 13.3. The van der Waals surface area contributed by atoms with Gasteiger partial charge in [0.15, 0.2) is 13.3 Å². The molecule has 0 radical (unpaired) electrons. The van der Waals surface area contributed by atoms with Crippen molar-refractivity contribution in [2.45, 2.75) is 19.8 Å². The predicted molar refractivity (Wildman–Crippen MR) is 99.6 cm³/mol. The summed E-state index contributed by atoms with van der Waals surface area (Å²) in [4.78, 5) is 1.37. The van der Waals surface area contributed by atoms with Crippen LogP contribution in [-0.2, 0) is 19.8 Å². The molecule has 0 saturated heterocycles. The normalized spacial score (nSPS) is 12.0. The maximum absolute atomic E-state index is 13.3. The highest BCUT2D eigenvalue weighted by Gasteiger charge is 2.11. The van der Waals surface area contributed by atoms with Crippen molar-refractivity contribution < 1.29 is 23.2 Å². The fourth-order valence-corrected chi connectivity index (χ4v) is 2.83. The number of aromatic nitrogens is 2. The van der Waals surface area contributed by atoms with E-state index in [-0.39, 0.29) is 17.3 Å². The van der Waals surface area contributed by atoms with Gasteiger partial charge in [0.25, 0.3) is 10.7 Å². The minimum absolute atomic E-state index is 0.173. The Labute approximate surface area is 161 Å². The lowest BCUT2D eigenvalue weighted by Gasteiger charge is -2.13. The monoisotopic (exact) mass is 390 g/mol. The standard InChI is InChI=1S/C19H20FN3O3S/c1-22(11-14-4-3-5-15(20)10-14)13-23-19(27)26-18(21-23)12-25-17-8-6-16(24-2)7-9-17/h3-10H,11-13H2,1-2H3/p+1. The van der Waals surface area contributed by atoms with Crippen LogP contribution in [-0.4, -0.2) is 23.9 Å². The topological polar surface area (TPSA) is 53.9 Å². The molecule has 1 atom stereocenters. The number of quaternary nitrogens is 1. The van der Waals surface area contributed by atoms with Crippen molar-refractivity contribution in [1.29, 1.82) is 0 Å². The smallest absolute Gasteiger partial charge is 0.291 e. The molecule has 6 nitrogen and oxygen atoms in total. The third-order valence-electron chi connectivity index (χ3n) is 3.88. The van der Waals surface area contributed by atoms with Crippen LogP contribution in [0.5, 0.6) is 11.5 Å². The van der Waals surface area contributed by atoms with Gasteiger partial charge in [-0.25, -0.2) is 4.39 Å². The van der Waals surface area contributed by atoms with E-state index in [2.05, 4.69) is 5.10 Å². The molecule has 0 fully saturated rings. The zero-order chi connectivity index (χ0) is 19.2. The zero-order valence-electron chi connectivity index (χ0n) is 15.1. The number of rotatable bonds is 8. The van der Waals surface area contributed by atoms with E-state index in [9.17, 15) is 4.39 Å². The Balaban J connectivity index is 1.57. The van der Waals surface area contributed by atoms with Crippen molar-refractivity contribution in [2.24, 2.45) is 0 Å². The van der Waals surface area contributed by atoms with Crippen LogP contribution in [0.1, 0.15) is 11.5 Å². The summed E-state index contributed by atoms with van der Waals surface area (Å²) in [6, 6.07) is 13.8. The van der Waals surface area contributed by atoms with Crippen molar-refractivity contribution in [1.82, 2.24) is 9.78 Å². The number of nitrogens with one attached hydrogen (secondary N) is 1. The fraction of sp³-hybridized carbons (Fsp3) is 0.263. The van der Waals surface area contributed by atoms with Crippen LogP contribution in [0.15, 0.2) is 52.9 Å². The molecule has 3 aromatic rings. The number of ether oxygens (including phenoxy) is 2. The van der Waals surface area contributed by atoms with Gasteiger partial charge in [-0.1, -0.05) is 12.1 Å². The number of benzene rings is 2. The van der Waals surface area contributed by atoms with E-state index in [1.807, 2.05) is 25.2 Å². The van der Waals surface area contributed by atoms with E-state index in [4.69, 9.17) is 26.1 Å². The molecule has 0 spiro atoms. The van der Waals surface area contributed by atoms with Gasteiger partial charge in [0.1, 0.15) is 23.9 Å². The van der Waals surface area contributed by atoms with Gasteiger partial charge < -0.3 is 18.8 Å². The summed E-state index contributed by atoms with van der Waals surface area (Å²) in [6.45, 7) is 1.32. The Morgan fingerprint density at radius 3 is 2.63 bits per heavy atom. The van der Waals surface area contributed by atoms with Crippen LogP contribution in [0.25, 0.3) is 0 Å². The van der Waals surface area contributed by atoms with E-state index >= 15 is 0 Å². The molecule has 1 heterocycles. The summed E-state index contributed by atoms with van der Waals surface area (Å²) in [5, 5.41) is 4.36. The zero-order valence-corrected chi connectivity index (χ0v) is 16.0. The average Bonchev–Trinajstić information content (AvgIpc) is 3.00. The molecule has 0 amide bonds. The van der Waals surface area contributed by atoms with Crippen molar-refractivity contribution >= 4 is 12.2 Å². The van der Waals surface area contributed by atoms with E-state index in [0.717, 1.165) is 16.2 Å². The summed E-state index contributed by atoms with van der Waals surface area (Å²) in [7, 11) is 3.59. The van der Waals surface area contributed by atoms with Gasteiger partial charge in [0, 0.05) is 5.56 Å². The van der Waals surface area contributed by atoms with Crippen molar-refractivity contribution in [3.05, 3.63) is 70.6 Å². The molecule has 1 aromatic heterocycles. The Morgan fingerprint density at radius 1 is 1.19 bits per heavy atom. The summed E-state index contributed by atoms with van der Waals surface area (Å²) >= 11 is 5.23. The molecular formula is C19H21FN3O3S+. The third-order valence-corrected chi connectivity index (χ3v) is 4.18. The Kier molecular flexibility index (Phi) is 6.20. The summed E-state index contributed by atoms with van der Waals surface area (Å²) in [6.07, 6.45) is 0. The van der Waals surface area contributed by atoms with Gasteiger partial charge >= 0.3 is 0 Å². The highest BCUT2D eigenvalue weighted by molar-refractivity contribution is 7.71. The molecule has 8 heteroatoms. The number of halogens is 1. The summed E-state index contributed by atoms with van der Waals surface area (Å²) in [5.41, 5.74) is 0.908. The van der Waals surface area contributed by atoms with Crippen LogP contribution in [0.3, 0.4) is 0 Å². The van der Waals surface area contributed by atoms with E-state index in [1.54, 1.807) is 30.0 Å². The molecule has 2 aromatic carbocycles. The first-order chi connectivity index (χ1) is 13.0. The van der Waals surface area contributed by atoms with E-state index in [0.29, 0.717) is 24.9 Å². The largest absolute Gasteiger partial charge is 0.497 e. The number of methoxy groups -OCH3 is 1. The van der Waals surface area contributed by atoms with Crippen LogP contribution < -0.4 is 14.4 Å². The highest BCUT2D eigenvalue weighted by atomic mass is 32.1. The van der Waals surface area contributed by atoms with Gasteiger partial charge in [0.2, 0.25) is 0 Å². The molecule has 1 unspecified atom stereocenters. The predicted octanol–water partition coefficient (Wildman–Crippen LogP) is 2.60. The van der Waals surface area contributed by atoms with Gasteiger partial charge in [0.05, 0.1) is 14.2 Å². The molecule has 0 bridgehead atoms. The van der Waals surface area contributed by atoms with Crippen molar-refractivity contribution in [3.63, 3.8) is 0 Å². The second kappa shape index (κ2) is 8.79. The van der Waals surface area contributed by atoms with Crippen LogP contribution in [0.4, 0.5) is 4.39 Å². The summed E-state index contributed by atoms with van der Waals surface area (Å²) < 4.78 is 31.2. The molecule has 0 saturated carbocycles. The molecule has 3 rings (SSSR count). The van der Waals surface area contributed by atoms with Crippen LogP contribution >= 0.6 is 12.2 Å². The third kappa shape index (κ3) is 5.38. The quantitative estimate of drug-likeness (QED) is 0.599. The van der Waals surface area contributed by atoms with Crippen molar-refractivity contribution in [3.8, 4) is 11.5 Å². The minimum Gasteiger partial charge on any atom is -0.497 e. The SMILES string of the molecule is COc1ccc(OCc2nn(C[NH+](C)Cc3cccc(F)c3)c(=S)o2)cc1. The molecular weight excluding hydrogens is 369 g/mol. The van der Waals surface area contributed by atoms with Crippen molar-refractivity contribution in [2.75, 3.05) is 14.2 Å². The number of nitrogens with zero attached hydrogens (tertiary/aromatic N) is 2. The Bertz CT molecular complexity index is 940. The molecule has 0 aliphatic carbocycles. The molecule has 142 valence electrons. The first kappa shape index (κ1) is 19.1. The first-order valence-electron chi connectivity index (χ1n) is 8.43. The first-order valence-corrected chi connectivity index (χ1v) is 8.84. The number of hydrogen-bond acceptors (Lipinski definition) is 5. The fourth-order valence-electron chi connectivity index (χ4n) is 2.63. The Hall–Kier alpha value is -2.71. The summed E-state index contributed by atoms with van der Waals surface area (Å²) in [5.74, 6) is 1.60. The minimum atomic E-state index is -0.240. The molecule has 0 aliphatic rings. The van der Waals surface area contributed by atoms with Gasteiger partial charge in [-0.2, -0.15) is 4.68 Å². The molecule has 27 heavy (non-hydrogen) atoms. The van der Waals surface area contributed by atoms with Gasteiger partial charge in [-0.3, -0.25) is 0 Å². The lowest BCUT2D eigenvalue weighted by atomic mass is 10.2. The second-order valence-corrected chi connectivity index (χ2v) is 6.50. The second-order valence-electron chi connectivity index (χ2n) is 6.15. The van der Waals surface area contributed by atoms with Crippen LogP contribution in [0, 0.1) is 10.7 Å². The molecule has 0 aliphatic heterocycles. The lowest BCUT2D eigenvalue weighted by molar-refractivity contribution is -0.917. The maximum Gasteiger partial charge on any atom is 0.291 e. The van der Waals surface area contributed by atoms with E-state index < -0.39 is 0 Å².